The number of nitrogens with zero attached hydrogens (tertiary/aromatic N) is 1. The zero-order valence-corrected chi connectivity index (χ0v) is 11.2. The minimum Gasteiger partial charge on any atom is -0.379 e. The molecular formula is C13H15N3OS. The summed E-state index contributed by atoms with van der Waals surface area (Å²) in [6.07, 6.45) is 0. The lowest BCUT2D eigenvalue weighted by Crippen LogP contribution is -2.17. The second-order valence-corrected chi connectivity index (χ2v) is 4.66. The van der Waals surface area contributed by atoms with Gasteiger partial charge in [-0.1, -0.05) is 0 Å². The summed E-state index contributed by atoms with van der Waals surface area (Å²) in [7, 11) is 1.63. The van der Waals surface area contributed by atoms with Crippen LogP contribution in [0, 0.1) is 6.92 Å². The normalized spacial score (nSPS) is 10.1. The number of nitrogens with one attached hydrogen (secondary N) is 2. The molecule has 0 aliphatic carbocycles. The summed E-state index contributed by atoms with van der Waals surface area (Å²) >= 11 is 1.58. The van der Waals surface area contributed by atoms with Crippen molar-refractivity contribution in [2.24, 2.45) is 0 Å². The van der Waals surface area contributed by atoms with E-state index in [1.165, 1.54) is 0 Å². The molecular weight excluding hydrogens is 246 g/mol. The summed E-state index contributed by atoms with van der Waals surface area (Å²) in [4.78, 5) is 15.7. The molecule has 0 saturated carbocycles. The lowest BCUT2D eigenvalue weighted by molar-refractivity contribution is 0.0963. The Morgan fingerprint density at radius 2 is 2.28 bits per heavy atom. The molecule has 18 heavy (non-hydrogen) atoms. The Morgan fingerprint density at radius 3 is 2.89 bits per heavy atom. The van der Waals surface area contributed by atoms with Crippen molar-refractivity contribution in [3.63, 3.8) is 0 Å². The molecule has 4 nitrogen and oxygen atoms in total. The lowest BCUT2D eigenvalue weighted by atomic mass is 10.1. The summed E-state index contributed by atoms with van der Waals surface area (Å²) in [5, 5.41) is 7.94. The first-order chi connectivity index (χ1) is 8.70. The van der Waals surface area contributed by atoms with Gasteiger partial charge >= 0.3 is 0 Å². The van der Waals surface area contributed by atoms with E-state index in [0.717, 1.165) is 16.9 Å². The molecule has 0 radical (unpaired) electrons. The fraction of sp³-hybridized carbons (Fsp3) is 0.231. The van der Waals surface area contributed by atoms with Gasteiger partial charge in [-0.05, 0) is 30.7 Å². The van der Waals surface area contributed by atoms with Crippen LogP contribution < -0.4 is 10.6 Å². The number of hydrogen-bond acceptors (Lipinski definition) is 4. The van der Waals surface area contributed by atoms with Gasteiger partial charge in [0.2, 0.25) is 0 Å². The molecule has 0 aliphatic rings. The van der Waals surface area contributed by atoms with Crippen LogP contribution in [0.5, 0.6) is 0 Å². The second-order valence-electron chi connectivity index (χ2n) is 3.94. The Hall–Kier alpha value is -1.88. The molecule has 1 heterocycles. The van der Waals surface area contributed by atoms with Crippen molar-refractivity contribution < 1.29 is 4.79 Å². The molecule has 0 saturated heterocycles. The minimum atomic E-state index is -0.0656. The van der Waals surface area contributed by atoms with Crippen LogP contribution in [0.1, 0.15) is 21.6 Å². The molecule has 0 bridgehead atoms. The van der Waals surface area contributed by atoms with Gasteiger partial charge < -0.3 is 10.6 Å². The van der Waals surface area contributed by atoms with Crippen molar-refractivity contribution in [3.8, 4) is 0 Å². The van der Waals surface area contributed by atoms with Crippen LogP contribution >= 0.6 is 11.3 Å². The number of aryl methyl sites for hydroxylation is 1. The van der Waals surface area contributed by atoms with Gasteiger partial charge in [-0.15, -0.1) is 11.3 Å². The summed E-state index contributed by atoms with van der Waals surface area (Å²) in [5.41, 5.74) is 5.59. The van der Waals surface area contributed by atoms with Crippen molar-refractivity contribution in [3.05, 3.63) is 45.9 Å². The summed E-state index contributed by atoms with van der Waals surface area (Å²) in [6, 6.07) is 5.61. The number of rotatable bonds is 4. The van der Waals surface area contributed by atoms with Crippen LogP contribution in [0.2, 0.25) is 0 Å². The van der Waals surface area contributed by atoms with Crippen molar-refractivity contribution in [1.82, 2.24) is 10.3 Å². The van der Waals surface area contributed by atoms with Gasteiger partial charge in [0.15, 0.2) is 0 Å². The van der Waals surface area contributed by atoms with E-state index in [1.807, 2.05) is 36.0 Å². The Labute approximate surface area is 110 Å². The molecule has 0 fully saturated rings. The average Bonchev–Trinajstić information content (AvgIpc) is 2.89. The smallest absolute Gasteiger partial charge is 0.251 e. The number of carbonyl (C=O) groups excluding carboxylic acids is 1. The number of aromatic nitrogens is 1. The van der Waals surface area contributed by atoms with Gasteiger partial charge in [0, 0.05) is 23.7 Å². The highest BCUT2D eigenvalue weighted by atomic mass is 32.1. The van der Waals surface area contributed by atoms with E-state index in [2.05, 4.69) is 15.6 Å². The summed E-state index contributed by atoms with van der Waals surface area (Å²) in [5.74, 6) is -0.0656. The Kier molecular flexibility index (Phi) is 3.94. The summed E-state index contributed by atoms with van der Waals surface area (Å²) < 4.78 is 0. The van der Waals surface area contributed by atoms with Crippen molar-refractivity contribution in [1.29, 1.82) is 0 Å². The van der Waals surface area contributed by atoms with Gasteiger partial charge in [0.1, 0.15) is 0 Å². The number of anilines is 1. The monoisotopic (exact) mass is 261 g/mol. The van der Waals surface area contributed by atoms with Crippen LogP contribution in [0.25, 0.3) is 0 Å². The maximum atomic E-state index is 11.5. The molecule has 2 aromatic rings. The highest BCUT2D eigenvalue weighted by molar-refractivity contribution is 7.07. The molecule has 0 spiro atoms. The molecule has 1 aromatic carbocycles. The molecule has 1 aromatic heterocycles. The van der Waals surface area contributed by atoms with E-state index in [4.69, 9.17) is 0 Å². The molecule has 1 amide bonds. The average molecular weight is 261 g/mol. The first kappa shape index (κ1) is 12.6. The van der Waals surface area contributed by atoms with Gasteiger partial charge in [0.25, 0.3) is 5.91 Å². The third-order valence-corrected chi connectivity index (χ3v) is 3.29. The zero-order chi connectivity index (χ0) is 13.0. The van der Waals surface area contributed by atoms with E-state index in [-0.39, 0.29) is 5.91 Å². The Morgan fingerprint density at radius 1 is 1.44 bits per heavy atom. The molecule has 0 unspecified atom stereocenters. The van der Waals surface area contributed by atoms with E-state index in [1.54, 1.807) is 18.4 Å². The van der Waals surface area contributed by atoms with Crippen LogP contribution in [-0.2, 0) is 6.54 Å². The number of amides is 1. The van der Waals surface area contributed by atoms with Crippen molar-refractivity contribution >= 4 is 22.9 Å². The molecule has 2 rings (SSSR count). The van der Waals surface area contributed by atoms with E-state index in [0.29, 0.717) is 12.1 Å². The van der Waals surface area contributed by atoms with Crippen molar-refractivity contribution in [2.45, 2.75) is 13.5 Å². The highest BCUT2D eigenvalue weighted by Crippen LogP contribution is 2.17. The van der Waals surface area contributed by atoms with Gasteiger partial charge in [-0.3, -0.25) is 4.79 Å². The number of benzene rings is 1. The number of thiazole rings is 1. The second kappa shape index (κ2) is 5.64. The number of carbonyl (C=O) groups is 1. The minimum absolute atomic E-state index is 0.0656. The highest BCUT2D eigenvalue weighted by Gasteiger charge is 2.05. The molecule has 0 atom stereocenters. The van der Waals surface area contributed by atoms with Crippen LogP contribution in [0.4, 0.5) is 5.69 Å². The van der Waals surface area contributed by atoms with Crippen LogP contribution in [-0.4, -0.2) is 17.9 Å². The standard InChI is InChI=1S/C13H15N3OS/c1-9-5-10(13(17)14-2)3-4-12(9)15-6-11-7-18-8-16-11/h3-5,7-8,15H,6H2,1-2H3,(H,14,17). The fourth-order valence-electron chi connectivity index (χ4n) is 1.66. The number of hydrogen-bond donors (Lipinski definition) is 2. The van der Waals surface area contributed by atoms with E-state index >= 15 is 0 Å². The van der Waals surface area contributed by atoms with Crippen molar-refractivity contribution in [2.75, 3.05) is 12.4 Å². The molecule has 0 aliphatic heterocycles. The van der Waals surface area contributed by atoms with E-state index < -0.39 is 0 Å². The molecule has 2 N–H and O–H groups in total. The quantitative estimate of drug-likeness (QED) is 0.888. The van der Waals surface area contributed by atoms with Crippen LogP contribution in [0.15, 0.2) is 29.1 Å². The third kappa shape index (κ3) is 2.87. The third-order valence-electron chi connectivity index (χ3n) is 2.66. The Bertz CT molecular complexity index is 537. The predicted molar refractivity (Wildman–Crippen MR) is 74.0 cm³/mol. The van der Waals surface area contributed by atoms with Gasteiger partial charge in [0.05, 0.1) is 17.7 Å². The topological polar surface area (TPSA) is 54.0 Å². The van der Waals surface area contributed by atoms with Gasteiger partial charge in [-0.2, -0.15) is 0 Å². The maximum absolute atomic E-state index is 11.5. The Balaban J connectivity index is 2.08. The predicted octanol–water partition coefficient (Wildman–Crippen LogP) is 2.42. The first-order valence-corrected chi connectivity index (χ1v) is 6.58. The molecule has 5 heteroatoms. The molecule has 94 valence electrons. The zero-order valence-electron chi connectivity index (χ0n) is 10.4. The summed E-state index contributed by atoms with van der Waals surface area (Å²) in [6.45, 7) is 2.68. The first-order valence-electron chi connectivity index (χ1n) is 5.64. The van der Waals surface area contributed by atoms with Crippen LogP contribution in [0.3, 0.4) is 0 Å². The fourth-order valence-corrected chi connectivity index (χ4v) is 2.22. The SMILES string of the molecule is CNC(=O)c1ccc(NCc2cscn2)c(C)c1. The lowest BCUT2D eigenvalue weighted by Gasteiger charge is -2.09. The largest absolute Gasteiger partial charge is 0.379 e. The van der Waals surface area contributed by atoms with E-state index in [9.17, 15) is 4.79 Å². The van der Waals surface area contributed by atoms with Gasteiger partial charge in [-0.25, -0.2) is 4.98 Å². The maximum Gasteiger partial charge on any atom is 0.251 e.